The van der Waals surface area contributed by atoms with Gasteiger partial charge in [-0.1, -0.05) is 334 Å². The normalized spacial score (nSPS) is 18.6. The first-order valence-electron chi connectivity index (χ1n) is 34.9. The van der Waals surface area contributed by atoms with Crippen molar-refractivity contribution in [2.24, 2.45) is 0 Å². The summed E-state index contributed by atoms with van der Waals surface area (Å²) in [5.74, 6) is -0.136. The van der Waals surface area contributed by atoms with Gasteiger partial charge >= 0.3 is 0 Å². The van der Waals surface area contributed by atoms with Gasteiger partial charge in [0, 0.05) is 6.42 Å². The molecule has 1 heterocycles. The summed E-state index contributed by atoms with van der Waals surface area (Å²) in [6, 6.07) is -0.717. The van der Waals surface area contributed by atoms with E-state index < -0.39 is 49.5 Å². The molecule has 1 aliphatic rings. The van der Waals surface area contributed by atoms with Gasteiger partial charge in [-0.15, -0.1) is 0 Å². The molecule has 1 rings (SSSR count). The van der Waals surface area contributed by atoms with E-state index in [9.17, 15) is 30.3 Å². The molecule has 0 aromatic rings. The number of allylic oxidation sites excluding steroid dienone is 2. The smallest absolute Gasteiger partial charge is 0.220 e. The van der Waals surface area contributed by atoms with Crippen LogP contribution in [0.15, 0.2) is 12.2 Å². The van der Waals surface area contributed by atoms with E-state index in [2.05, 4.69) is 31.3 Å². The number of rotatable bonds is 62. The molecule has 78 heavy (non-hydrogen) atoms. The predicted molar refractivity (Wildman–Crippen MR) is 332 cm³/mol. The number of aliphatic hydroxyl groups excluding tert-OH is 5. The van der Waals surface area contributed by atoms with Gasteiger partial charge < -0.3 is 40.3 Å². The minimum atomic E-state index is -1.55. The monoisotopic (exact) mass is 1110 g/mol. The number of unbranched alkanes of at least 4 members (excludes halogenated alkanes) is 50. The molecule has 0 bridgehead atoms. The highest BCUT2D eigenvalue weighted by Crippen LogP contribution is 2.24. The molecular formula is C69H135NO8. The van der Waals surface area contributed by atoms with Gasteiger partial charge in [0.15, 0.2) is 6.29 Å². The largest absolute Gasteiger partial charge is 0.394 e. The first kappa shape index (κ1) is 74.9. The number of ether oxygens (including phenoxy) is 2. The second kappa shape index (κ2) is 59.1. The van der Waals surface area contributed by atoms with Gasteiger partial charge in [0.1, 0.15) is 24.4 Å². The number of hydrogen-bond acceptors (Lipinski definition) is 8. The van der Waals surface area contributed by atoms with Crippen LogP contribution in [0.25, 0.3) is 0 Å². The maximum Gasteiger partial charge on any atom is 0.220 e. The Morgan fingerprint density at radius 1 is 0.423 bits per heavy atom. The number of aliphatic hydroxyl groups is 5. The SMILES string of the molecule is CCCCCCCCCCCCCC/C=C\CCCCCCCCCCCCCCCCC(=O)NC(COC1OC(CO)C(O)C(O)C1O)C(O)CCCCCCCCCCCCCCCCCCCCCCCCCCC. The lowest BCUT2D eigenvalue weighted by molar-refractivity contribution is -0.302. The van der Waals surface area contributed by atoms with E-state index >= 15 is 0 Å². The molecular weight excluding hydrogens is 971 g/mol. The second-order valence-electron chi connectivity index (χ2n) is 24.7. The van der Waals surface area contributed by atoms with Crippen LogP contribution in [0, 0.1) is 0 Å². The summed E-state index contributed by atoms with van der Waals surface area (Å²) in [7, 11) is 0. The van der Waals surface area contributed by atoms with Crippen molar-refractivity contribution in [3.8, 4) is 0 Å². The van der Waals surface area contributed by atoms with Gasteiger partial charge in [0.2, 0.25) is 5.91 Å². The van der Waals surface area contributed by atoms with E-state index in [1.165, 1.54) is 302 Å². The van der Waals surface area contributed by atoms with Crippen LogP contribution in [-0.2, 0) is 14.3 Å². The van der Waals surface area contributed by atoms with E-state index in [0.717, 1.165) is 38.5 Å². The average Bonchev–Trinajstić information content (AvgIpc) is 3.45. The van der Waals surface area contributed by atoms with E-state index in [-0.39, 0.29) is 12.5 Å². The van der Waals surface area contributed by atoms with Crippen molar-refractivity contribution in [1.82, 2.24) is 5.32 Å². The van der Waals surface area contributed by atoms with E-state index in [1.807, 2.05) is 0 Å². The van der Waals surface area contributed by atoms with Crippen LogP contribution in [0.2, 0.25) is 0 Å². The zero-order valence-corrected chi connectivity index (χ0v) is 52.0. The Hall–Kier alpha value is -1.07. The van der Waals surface area contributed by atoms with Crippen molar-refractivity contribution in [2.45, 2.75) is 410 Å². The first-order valence-corrected chi connectivity index (χ1v) is 34.9. The van der Waals surface area contributed by atoms with Crippen molar-refractivity contribution in [1.29, 1.82) is 0 Å². The number of hydrogen-bond donors (Lipinski definition) is 6. The van der Waals surface area contributed by atoms with Gasteiger partial charge in [-0.3, -0.25) is 4.79 Å². The molecule has 9 nitrogen and oxygen atoms in total. The Bertz CT molecular complexity index is 1240. The average molecular weight is 1110 g/mol. The fourth-order valence-electron chi connectivity index (χ4n) is 11.6. The molecule has 7 unspecified atom stereocenters. The van der Waals surface area contributed by atoms with Crippen molar-refractivity contribution in [2.75, 3.05) is 13.2 Å². The van der Waals surface area contributed by atoms with Gasteiger partial charge in [-0.2, -0.15) is 0 Å². The van der Waals surface area contributed by atoms with Gasteiger partial charge in [-0.05, 0) is 38.5 Å². The maximum absolute atomic E-state index is 13.1. The van der Waals surface area contributed by atoms with Crippen molar-refractivity contribution in [3.05, 3.63) is 12.2 Å². The fourth-order valence-corrected chi connectivity index (χ4v) is 11.6. The number of carbonyl (C=O) groups is 1. The lowest BCUT2D eigenvalue weighted by Crippen LogP contribution is -2.60. The summed E-state index contributed by atoms with van der Waals surface area (Å²) in [5.41, 5.74) is 0. The molecule has 1 fully saturated rings. The van der Waals surface area contributed by atoms with Crippen molar-refractivity contribution >= 4 is 5.91 Å². The third kappa shape index (κ3) is 47.4. The van der Waals surface area contributed by atoms with Crippen LogP contribution in [0.5, 0.6) is 0 Å². The molecule has 7 atom stereocenters. The van der Waals surface area contributed by atoms with Crippen molar-refractivity contribution < 1.29 is 39.8 Å². The Kier molecular flexibility index (Phi) is 56.8. The van der Waals surface area contributed by atoms with Crippen LogP contribution < -0.4 is 5.32 Å². The summed E-state index contributed by atoms with van der Waals surface area (Å²) in [6.45, 7) is 3.90. The third-order valence-corrected chi connectivity index (χ3v) is 17.1. The standard InChI is InChI=1S/C69H135NO8/c1-3-5-7-9-11-13-15-17-19-21-23-25-27-29-30-31-32-33-35-37-39-41-43-45-47-49-51-53-55-57-59-65(73)70-62(61-77-69-68(76)67(75)66(74)64(60-71)78-69)63(72)58-56-54-52-50-48-46-44-42-40-38-36-34-28-26-24-22-20-18-16-14-12-10-8-6-4-2/h29-30,62-64,66-69,71-72,74-76H,3-28,31-61H2,1-2H3,(H,70,73)/b30-29-. The molecule has 0 saturated carbocycles. The summed E-state index contributed by atoms with van der Waals surface area (Å²) >= 11 is 0. The Morgan fingerprint density at radius 3 is 1.04 bits per heavy atom. The molecule has 0 radical (unpaired) electrons. The molecule has 464 valence electrons. The quantitative estimate of drug-likeness (QED) is 0.0261. The number of amides is 1. The Labute approximate surface area is 484 Å². The summed E-state index contributed by atoms with van der Waals surface area (Å²) in [6.07, 6.45) is 68.5. The summed E-state index contributed by atoms with van der Waals surface area (Å²) in [5, 5.41) is 54.9. The third-order valence-electron chi connectivity index (χ3n) is 17.1. The Balaban J connectivity index is 2.11. The van der Waals surface area contributed by atoms with Crippen LogP contribution >= 0.6 is 0 Å². The predicted octanol–water partition coefficient (Wildman–Crippen LogP) is 18.7. The van der Waals surface area contributed by atoms with Gasteiger partial charge in [0.05, 0.1) is 25.4 Å². The minimum Gasteiger partial charge on any atom is -0.394 e. The zero-order valence-electron chi connectivity index (χ0n) is 52.0. The van der Waals surface area contributed by atoms with Crippen LogP contribution in [0.4, 0.5) is 0 Å². The van der Waals surface area contributed by atoms with Gasteiger partial charge in [-0.25, -0.2) is 0 Å². The van der Waals surface area contributed by atoms with Gasteiger partial charge in [0.25, 0.3) is 0 Å². The molecule has 0 spiro atoms. The second-order valence-corrected chi connectivity index (χ2v) is 24.7. The Morgan fingerprint density at radius 2 is 0.718 bits per heavy atom. The molecule has 1 aliphatic heterocycles. The van der Waals surface area contributed by atoms with Crippen LogP contribution in [0.3, 0.4) is 0 Å². The summed E-state index contributed by atoms with van der Waals surface area (Å²) in [4.78, 5) is 13.1. The summed E-state index contributed by atoms with van der Waals surface area (Å²) < 4.78 is 11.4. The van der Waals surface area contributed by atoms with E-state index in [0.29, 0.717) is 12.8 Å². The fraction of sp³-hybridized carbons (Fsp3) is 0.957. The maximum atomic E-state index is 13.1. The van der Waals surface area contributed by atoms with Crippen molar-refractivity contribution in [3.63, 3.8) is 0 Å². The zero-order chi connectivity index (χ0) is 56.5. The minimum absolute atomic E-state index is 0.132. The topological polar surface area (TPSA) is 149 Å². The molecule has 0 aromatic heterocycles. The van der Waals surface area contributed by atoms with E-state index in [4.69, 9.17) is 9.47 Å². The lowest BCUT2D eigenvalue weighted by Gasteiger charge is -2.40. The number of nitrogens with one attached hydrogen (secondary N) is 1. The molecule has 0 aliphatic carbocycles. The first-order chi connectivity index (χ1) is 38.3. The highest BCUT2D eigenvalue weighted by atomic mass is 16.7. The van der Waals surface area contributed by atoms with E-state index in [1.54, 1.807) is 0 Å². The molecule has 0 aromatic carbocycles. The molecule has 1 amide bonds. The highest BCUT2D eigenvalue weighted by molar-refractivity contribution is 5.76. The molecule has 9 heteroatoms. The lowest BCUT2D eigenvalue weighted by atomic mass is 9.99. The highest BCUT2D eigenvalue weighted by Gasteiger charge is 2.44. The molecule has 6 N–H and O–H groups in total. The van der Waals surface area contributed by atoms with Crippen LogP contribution in [-0.4, -0.2) is 87.5 Å². The van der Waals surface area contributed by atoms with Crippen LogP contribution in [0.1, 0.15) is 367 Å². The molecule has 1 saturated heterocycles. The number of carbonyl (C=O) groups excluding carboxylic acids is 1.